The van der Waals surface area contributed by atoms with Crippen molar-refractivity contribution < 1.29 is 4.52 Å². The van der Waals surface area contributed by atoms with Gasteiger partial charge in [0.2, 0.25) is 0 Å². The van der Waals surface area contributed by atoms with Crippen molar-refractivity contribution in [3.05, 3.63) is 24.2 Å². The van der Waals surface area contributed by atoms with Crippen molar-refractivity contribution in [2.45, 2.75) is 26.3 Å². The molecule has 2 N–H and O–H groups in total. The van der Waals surface area contributed by atoms with Gasteiger partial charge in [-0.15, -0.1) is 0 Å². The zero-order chi connectivity index (χ0) is 11.4. The van der Waals surface area contributed by atoms with Gasteiger partial charge in [0, 0.05) is 30.8 Å². The Labute approximate surface area is 94.2 Å². The molecule has 0 amide bonds. The maximum Gasteiger partial charge on any atom is 0.138 e. The van der Waals surface area contributed by atoms with E-state index in [-0.39, 0.29) is 0 Å². The minimum absolute atomic E-state index is 0.573. The van der Waals surface area contributed by atoms with E-state index in [1.165, 1.54) is 0 Å². The molecule has 0 aliphatic rings. The lowest BCUT2D eigenvalue weighted by molar-refractivity contribution is 0.386. The summed E-state index contributed by atoms with van der Waals surface area (Å²) in [6, 6.07) is 1.92. The van der Waals surface area contributed by atoms with Crippen LogP contribution < -0.4 is 5.73 Å². The third-order valence-electron chi connectivity index (χ3n) is 2.33. The van der Waals surface area contributed by atoms with E-state index in [1.54, 1.807) is 6.20 Å². The lowest BCUT2D eigenvalue weighted by Gasteiger charge is -1.94. The number of aromatic nitrogens is 3. The summed E-state index contributed by atoms with van der Waals surface area (Å²) in [6.45, 7) is 3.62. The van der Waals surface area contributed by atoms with Gasteiger partial charge in [0.05, 0.1) is 6.20 Å². The quantitative estimate of drug-likeness (QED) is 0.828. The van der Waals surface area contributed by atoms with Crippen molar-refractivity contribution >= 4 is 0 Å². The van der Waals surface area contributed by atoms with Crippen LogP contribution in [0.2, 0.25) is 0 Å². The molecule has 0 aromatic carbocycles. The molecule has 0 unspecified atom stereocenters. The molecule has 0 saturated carbocycles. The molecule has 0 bridgehead atoms. The molecule has 2 heterocycles. The number of nitrogens with zero attached hydrogens (tertiary/aromatic N) is 3. The monoisotopic (exact) mass is 220 g/mol. The van der Waals surface area contributed by atoms with Crippen molar-refractivity contribution in [3.8, 4) is 11.3 Å². The van der Waals surface area contributed by atoms with Crippen LogP contribution in [-0.2, 0) is 13.0 Å². The number of rotatable bonds is 5. The Morgan fingerprint density at radius 3 is 3.12 bits per heavy atom. The highest BCUT2D eigenvalue weighted by molar-refractivity contribution is 5.56. The molecule has 5 nitrogen and oxygen atoms in total. The first-order chi connectivity index (χ1) is 7.83. The molecule has 0 radical (unpaired) electrons. The summed E-state index contributed by atoms with van der Waals surface area (Å²) >= 11 is 0. The van der Waals surface area contributed by atoms with Crippen molar-refractivity contribution in [2.75, 3.05) is 6.54 Å². The Morgan fingerprint density at radius 1 is 1.50 bits per heavy atom. The van der Waals surface area contributed by atoms with Crippen LogP contribution in [0, 0.1) is 0 Å². The van der Waals surface area contributed by atoms with E-state index >= 15 is 0 Å². The summed E-state index contributed by atoms with van der Waals surface area (Å²) in [5.41, 5.74) is 7.26. The van der Waals surface area contributed by atoms with Gasteiger partial charge >= 0.3 is 0 Å². The Hall–Kier alpha value is -1.62. The zero-order valence-electron chi connectivity index (χ0n) is 9.39. The first-order valence-corrected chi connectivity index (χ1v) is 5.52. The largest absolute Gasteiger partial charge is 0.361 e. The van der Waals surface area contributed by atoms with Crippen molar-refractivity contribution in [2.24, 2.45) is 5.73 Å². The lowest BCUT2D eigenvalue weighted by Crippen LogP contribution is -2.01. The molecule has 0 atom stereocenters. The molecule has 0 saturated heterocycles. The molecule has 0 fully saturated rings. The van der Waals surface area contributed by atoms with Crippen LogP contribution in [0.15, 0.2) is 23.0 Å². The highest BCUT2D eigenvalue weighted by Gasteiger charge is 2.07. The maximum atomic E-state index is 5.45. The highest BCUT2D eigenvalue weighted by atomic mass is 16.5. The third-order valence-corrected chi connectivity index (χ3v) is 2.33. The summed E-state index contributed by atoms with van der Waals surface area (Å²) in [7, 11) is 0. The van der Waals surface area contributed by atoms with Gasteiger partial charge in [-0.1, -0.05) is 12.1 Å². The SMILES string of the molecule is CCCn1cc(-c2cc(CCN)on2)cn1. The summed E-state index contributed by atoms with van der Waals surface area (Å²) in [5, 5.41) is 8.24. The van der Waals surface area contributed by atoms with Gasteiger partial charge in [0.15, 0.2) is 0 Å². The van der Waals surface area contributed by atoms with Gasteiger partial charge in [0.25, 0.3) is 0 Å². The molecular formula is C11H16N4O. The topological polar surface area (TPSA) is 69.9 Å². The summed E-state index contributed by atoms with van der Waals surface area (Å²) in [4.78, 5) is 0. The fraction of sp³-hybridized carbons (Fsp3) is 0.455. The molecule has 2 rings (SSSR count). The molecule has 5 heteroatoms. The Bertz CT molecular complexity index is 404. The molecule has 0 aliphatic carbocycles. The number of hydrogen-bond acceptors (Lipinski definition) is 4. The van der Waals surface area contributed by atoms with Gasteiger partial charge in [-0.25, -0.2) is 0 Å². The molecule has 2 aromatic heterocycles. The van der Waals surface area contributed by atoms with Crippen LogP contribution in [0.25, 0.3) is 11.3 Å². The fourth-order valence-corrected chi connectivity index (χ4v) is 1.56. The van der Waals surface area contributed by atoms with Gasteiger partial charge in [-0.2, -0.15) is 5.10 Å². The molecule has 86 valence electrons. The van der Waals surface area contributed by atoms with Gasteiger partial charge in [-0.05, 0) is 13.0 Å². The van der Waals surface area contributed by atoms with Crippen LogP contribution in [0.5, 0.6) is 0 Å². The smallest absolute Gasteiger partial charge is 0.138 e. The maximum absolute atomic E-state index is 5.45. The van der Waals surface area contributed by atoms with Crippen molar-refractivity contribution in [1.29, 1.82) is 0 Å². The molecule has 0 aliphatic heterocycles. The van der Waals surface area contributed by atoms with Gasteiger partial charge in [0.1, 0.15) is 11.5 Å². The normalized spacial score (nSPS) is 10.9. The van der Waals surface area contributed by atoms with Crippen LogP contribution in [-0.4, -0.2) is 21.5 Å². The van der Waals surface area contributed by atoms with Crippen molar-refractivity contribution in [1.82, 2.24) is 14.9 Å². The molecule has 16 heavy (non-hydrogen) atoms. The fourth-order valence-electron chi connectivity index (χ4n) is 1.56. The predicted molar refractivity (Wildman–Crippen MR) is 60.8 cm³/mol. The minimum atomic E-state index is 0.573. The Kier molecular flexibility index (Phi) is 3.36. The van der Waals surface area contributed by atoms with E-state index in [2.05, 4.69) is 17.2 Å². The second-order valence-corrected chi connectivity index (χ2v) is 3.71. The van der Waals surface area contributed by atoms with E-state index in [0.29, 0.717) is 6.54 Å². The number of nitrogens with two attached hydrogens (primary N) is 1. The Balaban J connectivity index is 2.14. The zero-order valence-corrected chi connectivity index (χ0v) is 9.39. The predicted octanol–water partition coefficient (Wildman–Crippen LogP) is 1.45. The first kappa shape index (κ1) is 10.9. The number of hydrogen-bond donors (Lipinski definition) is 1. The second-order valence-electron chi connectivity index (χ2n) is 3.71. The summed E-state index contributed by atoms with van der Waals surface area (Å²) in [6.07, 6.45) is 5.57. The van der Waals surface area contributed by atoms with E-state index in [1.807, 2.05) is 16.9 Å². The average molecular weight is 220 g/mol. The first-order valence-electron chi connectivity index (χ1n) is 5.52. The molecule has 0 spiro atoms. The van der Waals surface area contributed by atoms with Gasteiger partial charge < -0.3 is 10.3 Å². The van der Waals surface area contributed by atoms with Crippen LogP contribution >= 0.6 is 0 Å². The minimum Gasteiger partial charge on any atom is -0.361 e. The molecular weight excluding hydrogens is 204 g/mol. The Morgan fingerprint density at radius 2 is 2.38 bits per heavy atom. The van der Waals surface area contributed by atoms with Crippen molar-refractivity contribution in [3.63, 3.8) is 0 Å². The van der Waals surface area contributed by atoms with E-state index in [0.717, 1.165) is 36.4 Å². The van der Waals surface area contributed by atoms with Crippen LogP contribution in [0.1, 0.15) is 19.1 Å². The number of aryl methyl sites for hydroxylation is 1. The lowest BCUT2D eigenvalue weighted by atomic mass is 10.2. The standard InChI is InChI=1S/C11H16N4O/c1-2-5-15-8-9(7-13-15)11-6-10(3-4-12)16-14-11/h6-8H,2-5,12H2,1H3. The van der Waals surface area contributed by atoms with E-state index in [9.17, 15) is 0 Å². The average Bonchev–Trinajstić information content (AvgIpc) is 2.87. The summed E-state index contributed by atoms with van der Waals surface area (Å²) in [5.74, 6) is 0.820. The second kappa shape index (κ2) is 4.94. The van der Waals surface area contributed by atoms with Crippen LogP contribution in [0.3, 0.4) is 0 Å². The summed E-state index contributed by atoms with van der Waals surface area (Å²) < 4.78 is 7.07. The third kappa shape index (κ3) is 2.30. The molecule has 2 aromatic rings. The van der Waals surface area contributed by atoms with Gasteiger partial charge in [-0.3, -0.25) is 4.68 Å². The van der Waals surface area contributed by atoms with E-state index in [4.69, 9.17) is 10.3 Å². The highest BCUT2D eigenvalue weighted by Crippen LogP contribution is 2.18. The van der Waals surface area contributed by atoms with Crippen LogP contribution in [0.4, 0.5) is 0 Å². The van der Waals surface area contributed by atoms with E-state index < -0.39 is 0 Å².